The van der Waals surface area contributed by atoms with E-state index in [-0.39, 0.29) is 6.61 Å². The average Bonchev–Trinajstić information content (AvgIpc) is 1.97. The van der Waals surface area contributed by atoms with Crippen molar-refractivity contribution in [2.75, 3.05) is 33.3 Å². The van der Waals surface area contributed by atoms with Gasteiger partial charge >= 0.3 is 0 Å². The van der Waals surface area contributed by atoms with Crippen molar-refractivity contribution in [3.63, 3.8) is 0 Å². The van der Waals surface area contributed by atoms with Gasteiger partial charge in [0.15, 0.2) is 6.86 Å². The molecule has 0 aromatic carbocycles. The number of halogens is 1. The topological polar surface area (TPSA) is 53.7 Å². The van der Waals surface area contributed by atoms with Crippen LogP contribution in [0, 0.1) is 0 Å². The Balaban J connectivity index is 2.65. The highest BCUT2D eigenvalue weighted by atomic mass is 18.2. The number of rotatable bonds is 7. The van der Waals surface area contributed by atoms with Crippen molar-refractivity contribution in [1.29, 1.82) is 0 Å². The molecule has 4 nitrogen and oxygen atoms in total. The lowest BCUT2D eigenvalue weighted by Crippen LogP contribution is -2.11. The van der Waals surface area contributed by atoms with Crippen molar-refractivity contribution < 1.29 is 18.7 Å². The second-order valence-electron chi connectivity index (χ2n) is 1.50. The molecule has 0 aromatic heterocycles. The maximum atomic E-state index is 11.2. The second-order valence-corrected chi connectivity index (χ2v) is 1.50. The highest BCUT2D eigenvalue weighted by Crippen LogP contribution is 1.78. The molecule has 0 amide bonds. The Labute approximate surface area is 59.0 Å². The van der Waals surface area contributed by atoms with E-state index in [0.29, 0.717) is 19.8 Å². The fraction of sp³-hybridized carbons (Fsp3) is 1.00. The van der Waals surface area contributed by atoms with Gasteiger partial charge in [-0.15, -0.1) is 0 Å². The molecule has 0 spiro atoms. The number of hydrogen-bond acceptors (Lipinski definition) is 4. The maximum absolute atomic E-state index is 11.2. The summed E-state index contributed by atoms with van der Waals surface area (Å²) in [4.78, 5) is 4.21. The Morgan fingerprint density at radius 2 is 1.60 bits per heavy atom. The van der Waals surface area contributed by atoms with Crippen LogP contribution in [0.25, 0.3) is 0 Å². The molecule has 0 aliphatic carbocycles. The predicted molar refractivity (Wildman–Crippen MR) is 32.9 cm³/mol. The van der Waals surface area contributed by atoms with E-state index in [1.807, 2.05) is 0 Å². The SMILES string of the molecule is NOCCOCCOC[18F]. The van der Waals surface area contributed by atoms with Crippen LogP contribution in [-0.2, 0) is 14.3 Å². The zero-order chi connectivity index (χ0) is 7.66. The van der Waals surface area contributed by atoms with Crippen molar-refractivity contribution in [3.05, 3.63) is 0 Å². The third-order valence-corrected chi connectivity index (χ3v) is 0.795. The summed E-state index contributed by atoms with van der Waals surface area (Å²) in [5.74, 6) is 4.70. The van der Waals surface area contributed by atoms with Crippen molar-refractivity contribution >= 4 is 0 Å². The summed E-state index contributed by atoms with van der Waals surface area (Å²) >= 11 is 0. The molecule has 0 radical (unpaired) electrons. The number of hydrogen-bond donors (Lipinski definition) is 1. The van der Waals surface area contributed by atoms with Crippen LogP contribution in [0.5, 0.6) is 0 Å². The zero-order valence-corrected chi connectivity index (χ0v) is 5.72. The van der Waals surface area contributed by atoms with Gasteiger partial charge in [0.1, 0.15) is 0 Å². The van der Waals surface area contributed by atoms with Crippen LogP contribution >= 0.6 is 0 Å². The van der Waals surface area contributed by atoms with E-state index in [2.05, 4.69) is 9.57 Å². The third kappa shape index (κ3) is 7.77. The first kappa shape index (κ1) is 9.77. The molecule has 0 rings (SSSR count). The number of ether oxygens (including phenoxy) is 2. The molecule has 0 saturated carbocycles. The predicted octanol–water partition coefficient (Wildman–Crippen LogP) is -0.163. The molecule has 0 aliphatic heterocycles. The van der Waals surface area contributed by atoms with E-state index in [1.54, 1.807) is 0 Å². The van der Waals surface area contributed by atoms with E-state index >= 15 is 0 Å². The highest BCUT2D eigenvalue weighted by Gasteiger charge is 1.87. The molecule has 0 heterocycles. The fourth-order valence-corrected chi connectivity index (χ4v) is 0.382. The number of nitrogens with two attached hydrogens (primary N) is 1. The molecular formula is C5H12FNO3. The maximum Gasteiger partial charge on any atom is 0.188 e. The van der Waals surface area contributed by atoms with Gasteiger partial charge in [-0.3, -0.25) is 0 Å². The van der Waals surface area contributed by atoms with Crippen LogP contribution in [0.1, 0.15) is 0 Å². The lowest BCUT2D eigenvalue weighted by Gasteiger charge is -2.01. The van der Waals surface area contributed by atoms with E-state index < -0.39 is 6.86 Å². The summed E-state index contributed by atoms with van der Waals surface area (Å²) in [6.07, 6.45) is 0. The first-order valence-electron chi connectivity index (χ1n) is 2.95. The molecule has 0 unspecified atom stereocenters. The van der Waals surface area contributed by atoms with Gasteiger partial charge in [0.2, 0.25) is 0 Å². The van der Waals surface area contributed by atoms with Crippen LogP contribution in [0.4, 0.5) is 4.39 Å². The van der Waals surface area contributed by atoms with Gasteiger partial charge in [0.25, 0.3) is 0 Å². The van der Waals surface area contributed by atoms with Crippen molar-refractivity contribution in [2.45, 2.75) is 0 Å². The number of alkyl halides is 1. The highest BCUT2D eigenvalue weighted by molar-refractivity contribution is 4.28. The average molecular weight is 152 g/mol. The van der Waals surface area contributed by atoms with Gasteiger partial charge in [0.05, 0.1) is 26.4 Å². The van der Waals surface area contributed by atoms with Gasteiger partial charge in [-0.05, 0) is 0 Å². The van der Waals surface area contributed by atoms with Gasteiger partial charge in [-0.25, -0.2) is 10.3 Å². The van der Waals surface area contributed by atoms with Gasteiger partial charge in [-0.1, -0.05) is 0 Å². The molecule has 0 atom stereocenters. The quantitative estimate of drug-likeness (QED) is 0.406. The third-order valence-electron chi connectivity index (χ3n) is 0.795. The molecule has 0 fully saturated rings. The Morgan fingerprint density at radius 3 is 2.20 bits per heavy atom. The van der Waals surface area contributed by atoms with Crippen molar-refractivity contribution in [3.8, 4) is 0 Å². The van der Waals surface area contributed by atoms with Crippen molar-refractivity contribution in [2.24, 2.45) is 5.90 Å². The van der Waals surface area contributed by atoms with Gasteiger partial charge < -0.3 is 14.3 Å². The molecule has 62 valence electrons. The van der Waals surface area contributed by atoms with Crippen LogP contribution in [0.3, 0.4) is 0 Å². The van der Waals surface area contributed by atoms with Gasteiger partial charge in [-0.2, -0.15) is 0 Å². The van der Waals surface area contributed by atoms with E-state index in [4.69, 9.17) is 10.6 Å². The summed E-state index contributed by atoms with van der Waals surface area (Å²) in [6.45, 7) is 0.618. The lowest BCUT2D eigenvalue weighted by molar-refractivity contribution is -0.00738. The first-order valence-corrected chi connectivity index (χ1v) is 2.95. The van der Waals surface area contributed by atoms with E-state index in [0.717, 1.165) is 0 Å². The molecule has 5 heteroatoms. The summed E-state index contributed by atoms with van der Waals surface area (Å²) < 4.78 is 20.5. The largest absolute Gasteiger partial charge is 0.377 e. The minimum atomic E-state index is -0.767. The monoisotopic (exact) mass is 152 g/mol. The molecule has 2 N–H and O–H groups in total. The molecule has 0 aliphatic rings. The summed E-state index contributed by atoms with van der Waals surface area (Å²) in [6, 6.07) is 0. The van der Waals surface area contributed by atoms with Crippen LogP contribution in [0.15, 0.2) is 0 Å². The first-order chi connectivity index (χ1) is 4.91. The van der Waals surface area contributed by atoms with E-state index in [9.17, 15) is 4.39 Å². The van der Waals surface area contributed by atoms with Crippen LogP contribution in [0.2, 0.25) is 0 Å². The minimum Gasteiger partial charge on any atom is -0.377 e. The standard InChI is InChI=1S/C5H12FNO3/c6-5-9-2-1-8-3-4-10-7/h1-5,7H2/i6-1. The Morgan fingerprint density at radius 1 is 1.00 bits per heavy atom. The molecular weight excluding hydrogens is 140 g/mol. The molecule has 0 bridgehead atoms. The Hall–Kier alpha value is -0.230. The van der Waals surface area contributed by atoms with Crippen molar-refractivity contribution in [1.82, 2.24) is 0 Å². The molecule has 0 aromatic rings. The van der Waals surface area contributed by atoms with E-state index in [1.165, 1.54) is 0 Å². The smallest absolute Gasteiger partial charge is 0.188 e. The Bertz CT molecular complexity index is 56.9. The van der Waals surface area contributed by atoms with Gasteiger partial charge in [0, 0.05) is 0 Å². The fourth-order valence-electron chi connectivity index (χ4n) is 0.382. The normalized spacial score (nSPS) is 10.2. The molecule has 0 saturated heterocycles. The second kappa shape index (κ2) is 8.77. The summed E-state index contributed by atoms with van der Waals surface area (Å²) in [5.41, 5.74) is 0. The van der Waals surface area contributed by atoms with Crippen LogP contribution in [-0.4, -0.2) is 33.3 Å². The summed E-state index contributed by atoms with van der Waals surface area (Å²) in [5, 5.41) is 0. The Kier molecular flexibility index (Phi) is 8.57. The zero-order valence-electron chi connectivity index (χ0n) is 5.72. The lowest BCUT2D eigenvalue weighted by atomic mass is 10.7. The summed E-state index contributed by atoms with van der Waals surface area (Å²) in [7, 11) is 0. The molecule has 10 heavy (non-hydrogen) atoms. The minimum absolute atomic E-state index is 0.265. The van der Waals surface area contributed by atoms with Crippen LogP contribution < -0.4 is 5.90 Å².